The SMILES string of the molecule is CCN(CC)C(C)(C)C(O)c1cc2cc(C)ccc2o1. The van der Waals surface area contributed by atoms with Gasteiger partial charge in [0.25, 0.3) is 0 Å². The summed E-state index contributed by atoms with van der Waals surface area (Å²) in [5.74, 6) is 0.641. The van der Waals surface area contributed by atoms with Crippen molar-refractivity contribution in [3.63, 3.8) is 0 Å². The molecule has 0 saturated carbocycles. The van der Waals surface area contributed by atoms with Gasteiger partial charge >= 0.3 is 0 Å². The van der Waals surface area contributed by atoms with Crippen LogP contribution in [0, 0.1) is 6.92 Å². The van der Waals surface area contributed by atoms with E-state index in [0.29, 0.717) is 5.76 Å². The highest BCUT2D eigenvalue weighted by atomic mass is 16.4. The Morgan fingerprint density at radius 1 is 1.20 bits per heavy atom. The molecule has 110 valence electrons. The summed E-state index contributed by atoms with van der Waals surface area (Å²) in [5, 5.41) is 11.8. The molecule has 0 amide bonds. The van der Waals surface area contributed by atoms with Crippen LogP contribution in [0.3, 0.4) is 0 Å². The molecule has 1 heterocycles. The van der Waals surface area contributed by atoms with Gasteiger partial charge in [-0.2, -0.15) is 0 Å². The third-order valence-electron chi connectivity index (χ3n) is 4.21. The topological polar surface area (TPSA) is 36.6 Å². The van der Waals surface area contributed by atoms with Gasteiger partial charge in [0.2, 0.25) is 0 Å². The van der Waals surface area contributed by atoms with Crippen LogP contribution >= 0.6 is 0 Å². The van der Waals surface area contributed by atoms with E-state index in [1.54, 1.807) is 0 Å². The lowest BCUT2D eigenvalue weighted by molar-refractivity contribution is -0.0171. The van der Waals surface area contributed by atoms with Crippen molar-refractivity contribution in [1.29, 1.82) is 0 Å². The first-order chi connectivity index (χ1) is 9.40. The highest BCUT2D eigenvalue weighted by Crippen LogP contribution is 2.34. The number of likely N-dealkylation sites (N-methyl/N-ethyl adjacent to an activating group) is 1. The van der Waals surface area contributed by atoms with Crippen molar-refractivity contribution in [1.82, 2.24) is 4.90 Å². The number of aliphatic hydroxyl groups is 1. The average molecular weight is 275 g/mol. The average Bonchev–Trinajstić information content (AvgIpc) is 2.81. The summed E-state index contributed by atoms with van der Waals surface area (Å²) >= 11 is 0. The van der Waals surface area contributed by atoms with Crippen molar-refractivity contribution in [2.45, 2.75) is 46.3 Å². The third kappa shape index (κ3) is 2.60. The van der Waals surface area contributed by atoms with Gasteiger partial charge < -0.3 is 9.52 Å². The number of fused-ring (bicyclic) bond motifs is 1. The summed E-state index contributed by atoms with van der Waals surface area (Å²) in [6.07, 6.45) is -0.643. The molecule has 20 heavy (non-hydrogen) atoms. The number of rotatable bonds is 5. The highest BCUT2D eigenvalue weighted by molar-refractivity contribution is 5.78. The Bertz CT molecular complexity index is 582. The van der Waals surface area contributed by atoms with Crippen LogP contribution in [0.5, 0.6) is 0 Å². The standard InChI is InChI=1S/C17H25NO2/c1-6-18(7-2)17(4,5)16(19)15-11-13-10-12(3)8-9-14(13)20-15/h8-11,16,19H,6-7H2,1-5H3. The second kappa shape index (κ2) is 5.58. The van der Waals surface area contributed by atoms with Gasteiger partial charge in [-0.3, -0.25) is 4.90 Å². The second-order valence-corrected chi connectivity index (χ2v) is 5.92. The van der Waals surface area contributed by atoms with E-state index in [4.69, 9.17) is 4.42 Å². The quantitative estimate of drug-likeness (QED) is 0.899. The van der Waals surface area contributed by atoms with Crippen LogP contribution in [-0.2, 0) is 0 Å². The van der Waals surface area contributed by atoms with Gasteiger partial charge in [0, 0.05) is 10.9 Å². The lowest BCUT2D eigenvalue weighted by atomic mass is 9.92. The van der Waals surface area contributed by atoms with E-state index in [1.807, 2.05) is 18.2 Å². The number of nitrogens with zero attached hydrogens (tertiary/aromatic N) is 1. The largest absolute Gasteiger partial charge is 0.458 e. The molecule has 2 aromatic rings. The van der Waals surface area contributed by atoms with Crippen molar-refractivity contribution in [2.75, 3.05) is 13.1 Å². The van der Waals surface area contributed by atoms with Gasteiger partial charge in [0.1, 0.15) is 17.4 Å². The predicted octanol–water partition coefficient (Wildman–Crippen LogP) is 3.90. The number of hydrogen-bond acceptors (Lipinski definition) is 3. The molecule has 0 aliphatic rings. The minimum Gasteiger partial charge on any atom is -0.458 e. The van der Waals surface area contributed by atoms with Gasteiger partial charge in [-0.05, 0) is 52.1 Å². The minimum absolute atomic E-state index is 0.355. The van der Waals surface area contributed by atoms with Crippen molar-refractivity contribution < 1.29 is 9.52 Å². The first-order valence-corrected chi connectivity index (χ1v) is 7.33. The molecule has 0 spiro atoms. The van der Waals surface area contributed by atoms with Crippen LogP contribution in [-0.4, -0.2) is 28.6 Å². The smallest absolute Gasteiger partial charge is 0.135 e. The van der Waals surface area contributed by atoms with E-state index in [-0.39, 0.29) is 5.54 Å². The summed E-state index contributed by atoms with van der Waals surface area (Å²) in [6, 6.07) is 8.03. The fourth-order valence-electron chi connectivity index (χ4n) is 2.88. The van der Waals surface area contributed by atoms with Crippen molar-refractivity contribution in [3.8, 4) is 0 Å². The lowest BCUT2D eigenvalue weighted by Gasteiger charge is -2.40. The minimum atomic E-state index is -0.643. The Morgan fingerprint density at radius 3 is 2.45 bits per heavy atom. The Kier molecular flexibility index (Phi) is 4.21. The summed E-state index contributed by atoms with van der Waals surface area (Å²) in [7, 11) is 0. The van der Waals surface area contributed by atoms with E-state index in [2.05, 4.69) is 45.6 Å². The first-order valence-electron chi connectivity index (χ1n) is 7.33. The van der Waals surface area contributed by atoms with Crippen molar-refractivity contribution >= 4 is 11.0 Å². The Morgan fingerprint density at radius 2 is 1.85 bits per heavy atom. The molecular weight excluding hydrogens is 250 g/mol. The molecule has 2 rings (SSSR count). The molecule has 1 N–H and O–H groups in total. The fraction of sp³-hybridized carbons (Fsp3) is 0.529. The number of benzene rings is 1. The maximum Gasteiger partial charge on any atom is 0.135 e. The van der Waals surface area contributed by atoms with Gasteiger partial charge in [-0.25, -0.2) is 0 Å². The number of aliphatic hydroxyl groups excluding tert-OH is 1. The summed E-state index contributed by atoms with van der Waals surface area (Å²) < 4.78 is 5.83. The zero-order valence-corrected chi connectivity index (χ0v) is 13.1. The summed E-state index contributed by atoms with van der Waals surface area (Å²) in [4.78, 5) is 2.25. The van der Waals surface area contributed by atoms with Crippen molar-refractivity contribution in [2.24, 2.45) is 0 Å². The molecule has 0 fully saturated rings. The molecule has 3 nitrogen and oxygen atoms in total. The predicted molar refractivity (Wildman–Crippen MR) is 82.9 cm³/mol. The summed E-state index contributed by atoms with van der Waals surface area (Å²) in [6.45, 7) is 12.2. The Labute approximate surface area is 121 Å². The van der Waals surface area contributed by atoms with E-state index < -0.39 is 6.10 Å². The highest BCUT2D eigenvalue weighted by Gasteiger charge is 2.35. The van der Waals surface area contributed by atoms with E-state index in [1.165, 1.54) is 5.56 Å². The van der Waals surface area contributed by atoms with Gasteiger partial charge in [-0.1, -0.05) is 25.5 Å². The Balaban J connectivity index is 2.37. The molecular formula is C17H25NO2. The number of furan rings is 1. The van der Waals surface area contributed by atoms with Gasteiger partial charge in [-0.15, -0.1) is 0 Å². The molecule has 1 unspecified atom stereocenters. The molecule has 1 aromatic heterocycles. The molecule has 0 radical (unpaired) electrons. The van der Waals surface area contributed by atoms with E-state index >= 15 is 0 Å². The number of aryl methyl sites for hydroxylation is 1. The van der Waals surface area contributed by atoms with Crippen LogP contribution < -0.4 is 0 Å². The zero-order chi connectivity index (χ0) is 14.9. The monoisotopic (exact) mass is 275 g/mol. The second-order valence-electron chi connectivity index (χ2n) is 5.92. The maximum atomic E-state index is 10.7. The summed E-state index contributed by atoms with van der Waals surface area (Å²) in [5.41, 5.74) is 1.68. The molecule has 0 saturated heterocycles. The zero-order valence-electron chi connectivity index (χ0n) is 13.1. The van der Waals surface area contributed by atoms with Crippen molar-refractivity contribution in [3.05, 3.63) is 35.6 Å². The maximum absolute atomic E-state index is 10.7. The molecule has 0 bridgehead atoms. The van der Waals surface area contributed by atoms with Crippen LogP contribution in [0.1, 0.15) is 45.1 Å². The van der Waals surface area contributed by atoms with Gasteiger partial charge in [0.15, 0.2) is 0 Å². The molecule has 1 atom stereocenters. The van der Waals surface area contributed by atoms with E-state index in [0.717, 1.165) is 24.1 Å². The molecule has 1 aromatic carbocycles. The molecule has 0 aliphatic heterocycles. The van der Waals surface area contributed by atoms with Crippen LogP contribution in [0.2, 0.25) is 0 Å². The molecule has 0 aliphatic carbocycles. The van der Waals surface area contributed by atoms with Crippen LogP contribution in [0.4, 0.5) is 0 Å². The van der Waals surface area contributed by atoms with E-state index in [9.17, 15) is 5.11 Å². The van der Waals surface area contributed by atoms with Crippen LogP contribution in [0.25, 0.3) is 11.0 Å². The third-order valence-corrected chi connectivity index (χ3v) is 4.21. The van der Waals surface area contributed by atoms with Gasteiger partial charge in [0.05, 0.1) is 0 Å². The fourth-order valence-corrected chi connectivity index (χ4v) is 2.88. The first kappa shape index (κ1) is 15.1. The number of hydrogen-bond donors (Lipinski definition) is 1. The Hall–Kier alpha value is -1.32. The molecule has 3 heteroatoms. The lowest BCUT2D eigenvalue weighted by Crippen LogP contribution is -2.48. The van der Waals surface area contributed by atoms with Crippen LogP contribution in [0.15, 0.2) is 28.7 Å². The normalized spacial score (nSPS) is 14.2.